The number of benzene rings is 1. The van der Waals surface area contributed by atoms with Crippen LogP contribution < -0.4 is 5.32 Å². The Morgan fingerprint density at radius 1 is 1.28 bits per heavy atom. The van der Waals surface area contributed by atoms with Gasteiger partial charge in [-0.3, -0.25) is 0 Å². The summed E-state index contributed by atoms with van der Waals surface area (Å²) in [5, 5.41) is 4.87. The molecule has 0 heterocycles. The van der Waals surface area contributed by atoms with Gasteiger partial charge >= 0.3 is 0 Å². The molecular weight excluding hydrogens is 265 g/mol. The predicted molar refractivity (Wildman–Crippen MR) is 79.5 cm³/mol. The Bertz CT molecular complexity index is 386. The van der Waals surface area contributed by atoms with Crippen molar-refractivity contribution in [3.8, 4) is 0 Å². The van der Waals surface area contributed by atoms with Crippen molar-refractivity contribution < 1.29 is 0 Å². The fourth-order valence-corrected chi connectivity index (χ4v) is 3.24. The van der Waals surface area contributed by atoms with Crippen molar-refractivity contribution in [2.24, 2.45) is 5.92 Å². The second kappa shape index (κ2) is 6.79. The summed E-state index contributed by atoms with van der Waals surface area (Å²) >= 11 is 12.3. The van der Waals surface area contributed by atoms with Crippen molar-refractivity contribution in [3.05, 3.63) is 33.8 Å². The zero-order valence-corrected chi connectivity index (χ0v) is 12.4. The van der Waals surface area contributed by atoms with E-state index in [0.717, 1.165) is 18.0 Å². The Morgan fingerprint density at radius 3 is 2.72 bits per heavy atom. The number of hydrogen-bond donors (Lipinski definition) is 1. The van der Waals surface area contributed by atoms with E-state index in [2.05, 4.69) is 12.2 Å². The van der Waals surface area contributed by atoms with Crippen LogP contribution in [0.3, 0.4) is 0 Å². The summed E-state index contributed by atoms with van der Waals surface area (Å²) < 4.78 is 0. The molecule has 100 valence electrons. The van der Waals surface area contributed by atoms with E-state index in [-0.39, 0.29) is 6.04 Å². The average Bonchev–Trinajstić information content (AvgIpc) is 2.85. The van der Waals surface area contributed by atoms with Crippen molar-refractivity contribution in [2.75, 3.05) is 6.54 Å². The molecule has 1 aromatic carbocycles. The number of rotatable bonds is 5. The highest BCUT2D eigenvalue weighted by molar-refractivity contribution is 6.42. The van der Waals surface area contributed by atoms with E-state index < -0.39 is 0 Å². The monoisotopic (exact) mass is 285 g/mol. The maximum Gasteiger partial charge on any atom is 0.0639 e. The predicted octanol–water partition coefficient (Wildman–Crippen LogP) is 5.22. The number of hydrogen-bond acceptors (Lipinski definition) is 1. The summed E-state index contributed by atoms with van der Waals surface area (Å²) in [4.78, 5) is 0. The van der Waals surface area contributed by atoms with Gasteiger partial charge < -0.3 is 5.32 Å². The van der Waals surface area contributed by atoms with Gasteiger partial charge in [-0.25, -0.2) is 0 Å². The summed E-state index contributed by atoms with van der Waals surface area (Å²) in [6.07, 6.45) is 6.94. The van der Waals surface area contributed by atoms with Crippen molar-refractivity contribution in [2.45, 2.75) is 45.1 Å². The normalized spacial score (nSPS) is 18.2. The standard InChI is InChI=1S/C15H21Cl2N/c1-11(13-7-4-8-14(16)15(13)17)18-10-9-12-5-2-3-6-12/h4,7-8,11-12,18H,2-3,5-6,9-10H2,1H3. The largest absolute Gasteiger partial charge is 0.310 e. The number of halogens is 2. The molecule has 18 heavy (non-hydrogen) atoms. The molecule has 1 fully saturated rings. The molecule has 3 heteroatoms. The maximum absolute atomic E-state index is 6.22. The van der Waals surface area contributed by atoms with Crippen LogP contribution in [0.1, 0.15) is 50.6 Å². The highest BCUT2D eigenvalue weighted by Gasteiger charge is 2.16. The molecule has 1 nitrogen and oxygen atoms in total. The van der Waals surface area contributed by atoms with Gasteiger partial charge in [0.25, 0.3) is 0 Å². The molecule has 2 rings (SSSR count). The third kappa shape index (κ3) is 3.63. The SMILES string of the molecule is CC(NCCC1CCCC1)c1cccc(Cl)c1Cl. The van der Waals surface area contributed by atoms with E-state index in [1.54, 1.807) is 0 Å². The molecule has 0 aromatic heterocycles. The summed E-state index contributed by atoms with van der Waals surface area (Å²) in [6, 6.07) is 6.09. The van der Waals surface area contributed by atoms with Gasteiger partial charge in [-0.05, 0) is 37.4 Å². The second-order valence-electron chi connectivity index (χ2n) is 5.26. The van der Waals surface area contributed by atoms with Crippen molar-refractivity contribution in [1.29, 1.82) is 0 Å². The van der Waals surface area contributed by atoms with E-state index in [0.29, 0.717) is 10.0 Å². The van der Waals surface area contributed by atoms with Crippen LogP contribution in [0.2, 0.25) is 10.0 Å². The first-order chi connectivity index (χ1) is 8.68. The lowest BCUT2D eigenvalue weighted by atomic mass is 10.0. The minimum atomic E-state index is 0.262. The molecular formula is C15H21Cl2N. The first-order valence-electron chi connectivity index (χ1n) is 6.85. The van der Waals surface area contributed by atoms with Gasteiger partial charge in [0, 0.05) is 6.04 Å². The first kappa shape index (κ1) is 14.2. The highest BCUT2D eigenvalue weighted by atomic mass is 35.5. The van der Waals surface area contributed by atoms with Crippen LogP contribution in [-0.4, -0.2) is 6.54 Å². The van der Waals surface area contributed by atoms with E-state index in [9.17, 15) is 0 Å². The molecule has 0 amide bonds. The van der Waals surface area contributed by atoms with Gasteiger partial charge in [0.1, 0.15) is 0 Å². The van der Waals surface area contributed by atoms with Gasteiger partial charge in [0.05, 0.1) is 10.0 Å². The van der Waals surface area contributed by atoms with Crippen LogP contribution in [-0.2, 0) is 0 Å². The van der Waals surface area contributed by atoms with Gasteiger partial charge in [-0.2, -0.15) is 0 Å². The van der Waals surface area contributed by atoms with Crippen LogP contribution in [0.4, 0.5) is 0 Å². The summed E-state index contributed by atoms with van der Waals surface area (Å²) in [7, 11) is 0. The van der Waals surface area contributed by atoms with Crippen LogP contribution >= 0.6 is 23.2 Å². The quantitative estimate of drug-likeness (QED) is 0.782. The van der Waals surface area contributed by atoms with E-state index in [1.807, 2.05) is 18.2 Å². The van der Waals surface area contributed by atoms with E-state index >= 15 is 0 Å². The molecule has 1 aromatic rings. The lowest BCUT2D eigenvalue weighted by Crippen LogP contribution is -2.21. The van der Waals surface area contributed by atoms with Crippen LogP contribution in [0.15, 0.2) is 18.2 Å². The minimum absolute atomic E-state index is 0.262. The Hall–Kier alpha value is -0.240. The zero-order valence-electron chi connectivity index (χ0n) is 10.9. The van der Waals surface area contributed by atoms with E-state index in [4.69, 9.17) is 23.2 Å². The average molecular weight is 286 g/mol. The second-order valence-corrected chi connectivity index (χ2v) is 6.04. The highest BCUT2D eigenvalue weighted by Crippen LogP contribution is 2.30. The van der Waals surface area contributed by atoms with Gasteiger partial charge in [-0.15, -0.1) is 0 Å². The van der Waals surface area contributed by atoms with Crippen LogP contribution in [0.5, 0.6) is 0 Å². The van der Waals surface area contributed by atoms with Crippen LogP contribution in [0, 0.1) is 5.92 Å². The molecule has 1 unspecified atom stereocenters. The summed E-state index contributed by atoms with van der Waals surface area (Å²) in [5.74, 6) is 0.930. The Kier molecular flexibility index (Phi) is 5.35. The Morgan fingerprint density at radius 2 is 2.00 bits per heavy atom. The molecule has 0 bridgehead atoms. The summed E-state index contributed by atoms with van der Waals surface area (Å²) in [6.45, 7) is 3.21. The topological polar surface area (TPSA) is 12.0 Å². The lowest BCUT2D eigenvalue weighted by Gasteiger charge is -2.17. The van der Waals surface area contributed by atoms with E-state index in [1.165, 1.54) is 32.1 Å². The molecule has 1 N–H and O–H groups in total. The fraction of sp³-hybridized carbons (Fsp3) is 0.600. The van der Waals surface area contributed by atoms with Gasteiger partial charge in [-0.1, -0.05) is 61.0 Å². The molecule has 1 aliphatic rings. The van der Waals surface area contributed by atoms with Gasteiger partial charge in [0.2, 0.25) is 0 Å². The molecule has 1 aliphatic carbocycles. The third-order valence-electron chi connectivity index (χ3n) is 3.93. The molecule has 0 spiro atoms. The van der Waals surface area contributed by atoms with Crippen molar-refractivity contribution in [1.82, 2.24) is 5.32 Å². The Labute approximate surface area is 120 Å². The Balaban J connectivity index is 1.83. The molecule has 0 saturated heterocycles. The number of nitrogens with one attached hydrogen (secondary N) is 1. The summed E-state index contributed by atoms with van der Waals surface area (Å²) in [5.41, 5.74) is 1.09. The lowest BCUT2D eigenvalue weighted by molar-refractivity contribution is 0.455. The van der Waals surface area contributed by atoms with Crippen molar-refractivity contribution >= 4 is 23.2 Å². The third-order valence-corrected chi connectivity index (χ3v) is 4.76. The van der Waals surface area contributed by atoms with Gasteiger partial charge in [0.15, 0.2) is 0 Å². The fourth-order valence-electron chi connectivity index (χ4n) is 2.77. The zero-order chi connectivity index (χ0) is 13.0. The smallest absolute Gasteiger partial charge is 0.0639 e. The van der Waals surface area contributed by atoms with Crippen LogP contribution in [0.25, 0.3) is 0 Å². The minimum Gasteiger partial charge on any atom is -0.310 e. The molecule has 0 radical (unpaired) electrons. The first-order valence-corrected chi connectivity index (χ1v) is 7.61. The molecule has 0 aliphatic heterocycles. The molecule has 1 atom stereocenters. The van der Waals surface area contributed by atoms with Crippen molar-refractivity contribution in [3.63, 3.8) is 0 Å². The molecule has 1 saturated carbocycles. The maximum atomic E-state index is 6.22.